The summed E-state index contributed by atoms with van der Waals surface area (Å²) in [6.45, 7) is 7.08. The van der Waals surface area contributed by atoms with Gasteiger partial charge in [-0.1, -0.05) is 0 Å². The largest absolute Gasteiger partial charge is 0.494 e. The number of hydrogen-bond donors (Lipinski definition) is 1. The molecule has 1 unspecified atom stereocenters. The van der Waals surface area contributed by atoms with Crippen LogP contribution in [-0.2, 0) is 4.79 Å². The summed E-state index contributed by atoms with van der Waals surface area (Å²) in [7, 11) is 4.15. The third-order valence-electron chi connectivity index (χ3n) is 6.26. The predicted molar refractivity (Wildman–Crippen MR) is 129 cm³/mol. The number of H-pyrrole nitrogens is 1. The lowest BCUT2D eigenvalue weighted by Crippen LogP contribution is -2.37. The molecule has 3 aromatic rings. The van der Waals surface area contributed by atoms with Gasteiger partial charge in [-0.3, -0.25) is 4.79 Å². The zero-order valence-electron chi connectivity index (χ0n) is 19.6. The molecule has 3 heterocycles. The summed E-state index contributed by atoms with van der Waals surface area (Å²) in [5, 5.41) is 1.17. The highest BCUT2D eigenvalue weighted by Crippen LogP contribution is 2.39. The minimum atomic E-state index is 0.154. The maximum Gasteiger partial charge on any atom is 0.219 e. The number of hydrogen-bond acceptors (Lipinski definition) is 4. The van der Waals surface area contributed by atoms with Crippen LogP contribution in [0.2, 0.25) is 0 Å². The average Bonchev–Trinajstić information content (AvgIpc) is 3.15. The molecule has 1 aromatic carbocycles. The van der Waals surface area contributed by atoms with Crippen LogP contribution in [0.25, 0.3) is 22.3 Å². The maximum absolute atomic E-state index is 12.1. The van der Waals surface area contributed by atoms with Gasteiger partial charge in [-0.2, -0.15) is 0 Å². The molecule has 1 N–H and O–H groups in total. The van der Waals surface area contributed by atoms with E-state index in [1.165, 1.54) is 10.9 Å². The summed E-state index contributed by atoms with van der Waals surface area (Å²) in [6, 6.07) is 10.5. The van der Waals surface area contributed by atoms with Crippen LogP contribution in [0.3, 0.4) is 0 Å². The van der Waals surface area contributed by atoms with Crippen LogP contribution >= 0.6 is 0 Å². The smallest absolute Gasteiger partial charge is 0.219 e. The molecule has 1 fully saturated rings. The fraction of sp³-hybridized carbons (Fsp3) is 0.462. The highest BCUT2D eigenvalue weighted by atomic mass is 16.5. The molecule has 1 aliphatic heterocycles. The lowest BCUT2D eigenvalue weighted by Gasteiger charge is -2.32. The Morgan fingerprint density at radius 2 is 2.06 bits per heavy atom. The number of pyridine rings is 1. The van der Waals surface area contributed by atoms with Crippen LogP contribution < -0.4 is 4.74 Å². The second kappa shape index (κ2) is 9.74. The SMILES string of the molecule is CC(=O)N1CCCC(c2c(-c3ccc(OCCCN(C)C)cc3)[nH]c3ncc(C)cc23)C1. The fourth-order valence-corrected chi connectivity index (χ4v) is 4.63. The third kappa shape index (κ3) is 4.96. The van der Waals surface area contributed by atoms with Crippen molar-refractivity contribution in [2.45, 2.75) is 39.0 Å². The minimum absolute atomic E-state index is 0.154. The molecule has 0 aliphatic carbocycles. The molecule has 4 rings (SSSR count). The first-order valence-electron chi connectivity index (χ1n) is 11.5. The fourth-order valence-electron chi connectivity index (χ4n) is 4.63. The van der Waals surface area contributed by atoms with Gasteiger partial charge in [0, 0.05) is 44.1 Å². The van der Waals surface area contributed by atoms with E-state index in [1.54, 1.807) is 6.92 Å². The quantitative estimate of drug-likeness (QED) is 0.552. The first-order valence-corrected chi connectivity index (χ1v) is 11.5. The average molecular weight is 435 g/mol. The van der Waals surface area contributed by atoms with Crippen molar-refractivity contribution in [2.24, 2.45) is 0 Å². The summed E-state index contributed by atoms with van der Waals surface area (Å²) in [6.07, 6.45) is 5.00. The van der Waals surface area contributed by atoms with Crippen molar-refractivity contribution in [2.75, 3.05) is 40.3 Å². The zero-order chi connectivity index (χ0) is 22.7. The molecular weight excluding hydrogens is 400 g/mol. The van der Waals surface area contributed by atoms with Crippen LogP contribution in [0.5, 0.6) is 5.75 Å². The predicted octanol–water partition coefficient (Wildman–Crippen LogP) is 4.59. The van der Waals surface area contributed by atoms with Gasteiger partial charge in [-0.15, -0.1) is 0 Å². The summed E-state index contributed by atoms with van der Waals surface area (Å²) in [4.78, 5) is 24.4. The van der Waals surface area contributed by atoms with Crippen LogP contribution in [0, 0.1) is 6.92 Å². The van der Waals surface area contributed by atoms with Gasteiger partial charge in [0.1, 0.15) is 11.4 Å². The minimum Gasteiger partial charge on any atom is -0.494 e. The molecule has 2 aromatic heterocycles. The second-order valence-corrected chi connectivity index (χ2v) is 9.16. The number of rotatable bonds is 7. The van der Waals surface area contributed by atoms with Gasteiger partial charge < -0.3 is 19.5 Å². The van der Waals surface area contributed by atoms with E-state index in [2.05, 4.69) is 54.1 Å². The van der Waals surface area contributed by atoms with E-state index in [9.17, 15) is 4.79 Å². The van der Waals surface area contributed by atoms with Gasteiger partial charge in [0.25, 0.3) is 0 Å². The van der Waals surface area contributed by atoms with Crippen LogP contribution in [0.1, 0.15) is 43.2 Å². The Bertz CT molecular complexity index is 1070. The molecule has 32 heavy (non-hydrogen) atoms. The van der Waals surface area contributed by atoms with Crippen molar-refractivity contribution >= 4 is 16.9 Å². The highest BCUT2D eigenvalue weighted by Gasteiger charge is 2.28. The van der Waals surface area contributed by atoms with Crippen molar-refractivity contribution in [3.8, 4) is 17.0 Å². The number of carbonyl (C=O) groups is 1. The van der Waals surface area contributed by atoms with Crippen molar-refractivity contribution < 1.29 is 9.53 Å². The lowest BCUT2D eigenvalue weighted by atomic mass is 9.87. The lowest BCUT2D eigenvalue weighted by molar-refractivity contribution is -0.130. The molecule has 1 saturated heterocycles. The zero-order valence-corrected chi connectivity index (χ0v) is 19.6. The number of benzene rings is 1. The number of aromatic nitrogens is 2. The first-order chi connectivity index (χ1) is 15.4. The van der Waals surface area contributed by atoms with Gasteiger partial charge in [-0.05, 0) is 87.3 Å². The molecule has 6 nitrogen and oxygen atoms in total. The number of carbonyl (C=O) groups excluding carboxylic acids is 1. The summed E-state index contributed by atoms with van der Waals surface area (Å²) >= 11 is 0. The van der Waals surface area contributed by atoms with Crippen molar-refractivity contribution in [1.29, 1.82) is 0 Å². The van der Waals surface area contributed by atoms with Gasteiger partial charge in [0.05, 0.1) is 12.3 Å². The van der Waals surface area contributed by atoms with Crippen molar-refractivity contribution in [1.82, 2.24) is 19.8 Å². The number of nitrogens with one attached hydrogen (secondary N) is 1. The Kier molecular flexibility index (Phi) is 6.80. The van der Waals surface area contributed by atoms with Crippen LogP contribution in [0.15, 0.2) is 36.5 Å². The molecule has 170 valence electrons. The van der Waals surface area contributed by atoms with E-state index in [1.807, 2.05) is 23.2 Å². The summed E-state index contributed by atoms with van der Waals surface area (Å²) in [5.41, 5.74) is 5.56. The number of nitrogens with zero attached hydrogens (tertiary/aromatic N) is 3. The molecule has 0 radical (unpaired) electrons. The van der Waals surface area contributed by atoms with E-state index >= 15 is 0 Å². The number of ether oxygens (including phenoxy) is 1. The monoisotopic (exact) mass is 434 g/mol. The molecule has 0 spiro atoms. The van der Waals surface area contributed by atoms with E-state index in [0.29, 0.717) is 12.5 Å². The van der Waals surface area contributed by atoms with E-state index in [0.717, 1.165) is 67.1 Å². The Morgan fingerprint density at radius 1 is 1.28 bits per heavy atom. The Labute approximate surface area is 190 Å². The van der Waals surface area contributed by atoms with Gasteiger partial charge in [0.2, 0.25) is 5.91 Å². The van der Waals surface area contributed by atoms with E-state index in [-0.39, 0.29) is 5.91 Å². The molecule has 0 bridgehead atoms. The van der Waals surface area contributed by atoms with Gasteiger partial charge in [-0.25, -0.2) is 4.98 Å². The van der Waals surface area contributed by atoms with Crippen LogP contribution in [0.4, 0.5) is 0 Å². The molecule has 0 saturated carbocycles. The maximum atomic E-state index is 12.1. The Morgan fingerprint density at radius 3 is 2.78 bits per heavy atom. The standard InChI is InChI=1S/C26H34N4O2/c1-18-15-23-24(21-7-5-13-30(17-21)19(2)31)25(28-26(23)27-16-18)20-8-10-22(11-9-20)32-14-6-12-29(3)4/h8-11,15-16,21H,5-7,12-14,17H2,1-4H3,(H,27,28). The van der Waals surface area contributed by atoms with Crippen molar-refractivity contribution in [3.63, 3.8) is 0 Å². The number of fused-ring (bicyclic) bond motifs is 1. The number of likely N-dealkylation sites (tertiary alicyclic amines) is 1. The number of amides is 1. The number of piperidine rings is 1. The molecule has 6 heteroatoms. The Hall–Kier alpha value is -2.86. The normalized spacial score (nSPS) is 16.7. The third-order valence-corrected chi connectivity index (χ3v) is 6.26. The molecular formula is C26H34N4O2. The Balaban J connectivity index is 1.63. The second-order valence-electron chi connectivity index (χ2n) is 9.16. The first kappa shape index (κ1) is 22.3. The highest BCUT2D eigenvalue weighted by molar-refractivity contribution is 5.89. The number of aromatic amines is 1. The van der Waals surface area contributed by atoms with E-state index in [4.69, 9.17) is 4.74 Å². The van der Waals surface area contributed by atoms with Gasteiger partial charge >= 0.3 is 0 Å². The van der Waals surface area contributed by atoms with Crippen molar-refractivity contribution in [3.05, 3.63) is 47.7 Å². The van der Waals surface area contributed by atoms with E-state index < -0.39 is 0 Å². The van der Waals surface area contributed by atoms with Crippen LogP contribution in [-0.4, -0.2) is 66.0 Å². The van der Waals surface area contributed by atoms with Gasteiger partial charge in [0.15, 0.2) is 0 Å². The molecule has 1 aliphatic rings. The summed E-state index contributed by atoms with van der Waals surface area (Å²) < 4.78 is 5.92. The number of aryl methyl sites for hydroxylation is 1. The molecule has 1 atom stereocenters. The summed E-state index contributed by atoms with van der Waals surface area (Å²) in [5.74, 6) is 1.34. The molecule has 1 amide bonds. The topological polar surface area (TPSA) is 61.5 Å².